The van der Waals surface area contributed by atoms with Crippen LogP contribution in [0.15, 0.2) is 73.1 Å². The minimum Gasteiger partial charge on any atom is -0.394 e. The molecule has 2 atom stereocenters. The number of aliphatic hydroxyl groups is 2. The van der Waals surface area contributed by atoms with Gasteiger partial charge in [0.25, 0.3) is 0 Å². The molecule has 9 nitrogen and oxygen atoms in total. The molecule has 0 aliphatic carbocycles. The third-order valence-electron chi connectivity index (χ3n) is 5.71. The summed E-state index contributed by atoms with van der Waals surface area (Å²) in [6.45, 7) is 3.44. The highest BCUT2D eigenvalue weighted by atomic mass is 16.6. The Bertz CT molecular complexity index is 1310. The molecule has 2 aromatic carbocycles. The monoisotopic (exact) mass is 487 g/mol. The third kappa shape index (κ3) is 6.07. The van der Waals surface area contributed by atoms with Gasteiger partial charge in [-0.15, -0.1) is 0 Å². The van der Waals surface area contributed by atoms with Crippen molar-refractivity contribution in [3.63, 3.8) is 0 Å². The summed E-state index contributed by atoms with van der Waals surface area (Å²) >= 11 is 0. The smallest absolute Gasteiger partial charge is 0.394 e. The predicted molar refractivity (Wildman–Crippen MR) is 137 cm³/mol. The number of aromatic amines is 1. The van der Waals surface area contributed by atoms with Gasteiger partial charge in [0.15, 0.2) is 0 Å². The van der Waals surface area contributed by atoms with E-state index >= 15 is 0 Å². The van der Waals surface area contributed by atoms with E-state index in [0.717, 1.165) is 22.3 Å². The number of carbonyl (C=O) groups excluding carboxylic acids is 1. The molecule has 36 heavy (non-hydrogen) atoms. The summed E-state index contributed by atoms with van der Waals surface area (Å²) in [7, 11) is 0. The minimum atomic E-state index is -0.695. The van der Waals surface area contributed by atoms with Crippen LogP contribution in [0.5, 0.6) is 5.88 Å². The quantitative estimate of drug-likeness (QED) is 0.241. The van der Waals surface area contributed by atoms with Crippen LogP contribution in [-0.4, -0.2) is 44.5 Å². The lowest BCUT2D eigenvalue weighted by atomic mass is 10.1. The van der Waals surface area contributed by atoms with E-state index in [9.17, 15) is 15.0 Å². The molecule has 0 saturated carbocycles. The number of hydrogen-bond acceptors (Lipinski definition) is 7. The number of nitrogens with one attached hydrogen (secondary N) is 3. The van der Waals surface area contributed by atoms with Crippen LogP contribution in [0.1, 0.15) is 34.3 Å². The van der Waals surface area contributed by atoms with Crippen LogP contribution in [0, 0.1) is 13.8 Å². The van der Waals surface area contributed by atoms with Crippen molar-refractivity contribution in [2.24, 2.45) is 0 Å². The maximum Gasteiger partial charge on any atom is 0.414 e. The van der Waals surface area contributed by atoms with Crippen LogP contribution in [0.4, 0.5) is 10.7 Å². The van der Waals surface area contributed by atoms with Crippen LogP contribution in [0.2, 0.25) is 0 Å². The fourth-order valence-corrected chi connectivity index (χ4v) is 3.84. The fourth-order valence-electron chi connectivity index (χ4n) is 3.84. The largest absolute Gasteiger partial charge is 0.414 e. The van der Waals surface area contributed by atoms with E-state index in [-0.39, 0.29) is 25.1 Å². The SMILES string of the molecule is Cc1cccc(C(CO)NC(=O)Oc2cc(-c3nc(NC(CO)c4ccccc4)ncc3C)c[nH]2)c1. The first-order valence-electron chi connectivity index (χ1n) is 11.6. The Kier molecular flexibility index (Phi) is 7.94. The van der Waals surface area contributed by atoms with Crippen LogP contribution in [0.25, 0.3) is 11.3 Å². The number of nitrogens with zero attached hydrogens (tertiary/aromatic N) is 2. The molecular formula is C27H29N5O4. The second kappa shape index (κ2) is 11.5. The molecule has 1 amide bonds. The van der Waals surface area contributed by atoms with Crippen LogP contribution >= 0.6 is 0 Å². The molecule has 2 aromatic heterocycles. The highest BCUT2D eigenvalue weighted by Crippen LogP contribution is 2.27. The number of amides is 1. The van der Waals surface area contributed by atoms with E-state index in [1.54, 1.807) is 18.5 Å². The van der Waals surface area contributed by atoms with Gasteiger partial charge in [0, 0.05) is 24.0 Å². The topological polar surface area (TPSA) is 132 Å². The molecule has 2 unspecified atom stereocenters. The van der Waals surface area contributed by atoms with E-state index in [1.165, 1.54) is 0 Å². The summed E-state index contributed by atoms with van der Waals surface area (Å²) in [5.41, 5.74) is 4.92. The van der Waals surface area contributed by atoms with Crippen LogP contribution < -0.4 is 15.4 Å². The third-order valence-corrected chi connectivity index (χ3v) is 5.71. The Morgan fingerprint density at radius 1 is 1.00 bits per heavy atom. The van der Waals surface area contributed by atoms with Crippen molar-refractivity contribution in [3.05, 3.63) is 95.3 Å². The minimum absolute atomic E-state index is 0.120. The van der Waals surface area contributed by atoms with Crippen molar-refractivity contribution in [1.29, 1.82) is 0 Å². The first-order chi connectivity index (χ1) is 17.5. The Labute approximate surface area is 209 Å². The summed E-state index contributed by atoms with van der Waals surface area (Å²) in [6.07, 6.45) is 2.68. The zero-order chi connectivity index (χ0) is 25.5. The molecule has 186 valence electrons. The molecular weight excluding hydrogens is 458 g/mol. The number of aryl methyl sites for hydroxylation is 2. The molecule has 0 aliphatic heterocycles. The molecule has 9 heteroatoms. The van der Waals surface area contributed by atoms with Gasteiger partial charge in [0.05, 0.1) is 31.0 Å². The molecule has 0 radical (unpaired) electrons. The number of H-pyrrole nitrogens is 1. The number of rotatable bonds is 9. The molecule has 0 bridgehead atoms. The van der Waals surface area contributed by atoms with Gasteiger partial charge in [-0.1, -0.05) is 60.2 Å². The number of aromatic nitrogens is 3. The van der Waals surface area contributed by atoms with E-state index in [2.05, 4.69) is 25.6 Å². The zero-order valence-corrected chi connectivity index (χ0v) is 20.1. The summed E-state index contributed by atoms with van der Waals surface area (Å²) in [5.74, 6) is 0.595. The van der Waals surface area contributed by atoms with Crippen molar-refractivity contribution < 1.29 is 19.7 Å². The van der Waals surface area contributed by atoms with Gasteiger partial charge in [0.2, 0.25) is 11.8 Å². The molecule has 2 heterocycles. The standard InChI is InChI=1S/C27H29N5O4/c1-17-7-6-10-20(11-17)23(16-34)31-27(35)36-24-12-21(14-28-24)25-18(2)13-29-26(32-25)30-22(15-33)19-8-4-3-5-9-19/h3-14,22-23,28,33-34H,15-16H2,1-2H3,(H,31,35)(H,29,30,32). The number of ether oxygens (including phenoxy) is 1. The van der Waals surface area contributed by atoms with Crippen molar-refractivity contribution in [2.75, 3.05) is 18.5 Å². The molecule has 5 N–H and O–H groups in total. The van der Waals surface area contributed by atoms with Gasteiger partial charge in [-0.2, -0.15) is 0 Å². The molecule has 4 rings (SSSR count). The summed E-state index contributed by atoms with van der Waals surface area (Å²) in [4.78, 5) is 24.4. The second-order valence-electron chi connectivity index (χ2n) is 8.45. The maximum absolute atomic E-state index is 12.5. The molecule has 0 fully saturated rings. The van der Waals surface area contributed by atoms with Gasteiger partial charge in [-0.05, 0) is 30.5 Å². The highest BCUT2D eigenvalue weighted by Gasteiger charge is 2.18. The molecule has 0 spiro atoms. The predicted octanol–water partition coefficient (Wildman–Crippen LogP) is 4.06. The van der Waals surface area contributed by atoms with Crippen molar-refractivity contribution in [3.8, 4) is 17.1 Å². The Morgan fingerprint density at radius 2 is 1.75 bits per heavy atom. The lowest BCUT2D eigenvalue weighted by Crippen LogP contribution is -2.33. The Balaban J connectivity index is 1.45. The summed E-state index contributed by atoms with van der Waals surface area (Å²) < 4.78 is 5.40. The van der Waals surface area contributed by atoms with Gasteiger partial charge in [-0.3, -0.25) is 0 Å². The second-order valence-corrected chi connectivity index (χ2v) is 8.45. The first kappa shape index (κ1) is 24.9. The molecule has 4 aromatic rings. The molecule has 0 aliphatic rings. The lowest BCUT2D eigenvalue weighted by Gasteiger charge is -2.17. The summed E-state index contributed by atoms with van der Waals surface area (Å²) in [5, 5.41) is 25.4. The van der Waals surface area contributed by atoms with E-state index in [1.807, 2.05) is 68.4 Å². The number of hydrogen-bond donors (Lipinski definition) is 5. The van der Waals surface area contributed by atoms with Gasteiger partial charge < -0.3 is 30.6 Å². The Morgan fingerprint density at radius 3 is 2.47 bits per heavy atom. The van der Waals surface area contributed by atoms with Crippen LogP contribution in [-0.2, 0) is 0 Å². The van der Waals surface area contributed by atoms with Crippen molar-refractivity contribution >= 4 is 12.0 Å². The zero-order valence-electron chi connectivity index (χ0n) is 20.1. The average molecular weight is 488 g/mol. The number of aliphatic hydroxyl groups excluding tert-OH is 2. The maximum atomic E-state index is 12.5. The molecule has 0 saturated heterocycles. The highest BCUT2D eigenvalue weighted by molar-refractivity contribution is 5.72. The lowest BCUT2D eigenvalue weighted by molar-refractivity contribution is 0.182. The van der Waals surface area contributed by atoms with Crippen molar-refractivity contribution in [1.82, 2.24) is 20.3 Å². The number of benzene rings is 2. The Hall–Kier alpha value is -4.21. The average Bonchev–Trinajstić information content (AvgIpc) is 3.35. The van der Waals surface area contributed by atoms with E-state index < -0.39 is 12.1 Å². The normalized spacial score (nSPS) is 12.6. The van der Waals surface area contributed by atoms with E-state index in [0.29, 0.717) is 17.2 Å². The van der Waals surface area contributed by atoms with E-state index in [4.69, 9.17) is 4.74 Å². The van der Waals surface area contributed by atoms with Gasteiger partial charge >= 0.3 is 6.09 Å². The van der Waals surface area contributed by atoms with Gasteiger partial charge in [0.1, 0.15) is 0 Å². The first-order valence-corrected chi connectivity index (χ1v) is 11.6. The summed E-state index contributed by atoms with van der Waals surface area (Å²) in [6, 6.07) is 17.8. The fraction of sp³-hybridized carbons (Fsp3) is 0.222. The van der Waals surface area contributed by atoms with Crippen LogP contribution in [0.3, 0.4) is 0 Å². The van der Waals surface area contributed by atoms with Crippen molar-refractivity contribution in [2.45, 2.75) is 25.9 Å². The number of anilines is 1. The van der Waals surface area contributed by atoms with Gasteiger partial charge in [-0.25, -0.2) is 14.8 Å². The number of carbonyl (C=O) groups is 1.